The molecule has 0 aliphatic carbocycles. The number of ether oxygens (including phenoxy) is 3. The molecule has 2 aliphatic rings. The van der Waals surface area contributed by atoms with Crippen molar-refractivity contribution in [2.24, 2.45) is 10.4 Å². The quantitative estimate of drug-likeness (QED) is 0.278. The molecule has 224 valence electrons. The molecule has 12 heteroatoms. The van der Waals surface area contributed by atoms with Gasteiger partial charge in [-0.1, -0.05) is 12.1 Å². The van der Waals surface area contributed by atoms with E-state index in [1.165, 1.54) is 23.2 Å². The Morgan fingerprint density at radius 1 is 1.16 bits per heavy atom. The third-order valence-corrected chi connectivity index (χ3v) is 7.34. The summed E-state index contributed by atoms with van der Waals surface area (Å²) in [6.07, 6.45) is 3.19. The first-order chi connectivity index (χ1) is 20.5. The SMILES string of the molecule is CN(CC(C)(C)O)C(=O)c1ccc(-c2c[nH]c3nccc(Oc4c(F)ccc(NC5=NCC6(COC6)CO5)c4F)c23)cc1. The summed E-state index contributed by atoms with van der Waals surface area (Å²) in [7, 11) is 1.63. The van der Waals surface area contributed by atoms with Crippen LogP contribution in [0.4, 0.5) is 14.5 Å². The number of hydrogen-bond donors (Lipinski definition) is 3. The van der Waals surface area contributed by atoms with E-state index >= 15 is 4.39 Å². The van der Waals surface area contributed by atoms with Gasteiger partial charge in [-0.15, -0.1) is 0 Å². The van der Waals surface area contributed by atoms with Gasteiger partial charge < -0.3 is 34.5 Å². The average Bonchev–Trinajstić information content (AvgIpc) is 3.40. The number of hydrogen-bond acceptors (Lipinski definition) is 8. The lowest BCUT2D eigenvalue weighted by Crippen LogP contribution is -2.51. The molecule has 6 rings (SSSR count). The van der Waals surface area contributed by atoms with Crippen LogP contribution in [0.2, 0.25) is 0 Å². The summed E-state index contributed by atoms with van der Waals surface area (Å²) >= 11 is 0. The largest absolute Gasteiger partial charge is 0.464 e. The zero-order valence-corrected chi connectivity index (χ0v) is 23.9. The maximum absolute atomic E-state index is 15.6. The van der Waals surface area contributed by atoms with E-state index in [4.69, 9.17) is 14.2 Å². The molecule has 2 aromatic carbocycles. The molecule has 3 N–H and O–H groups in total. The Kier molecular flexibility index (Phi) is 7.26. The topological polar surface area (TPSA) is 121 Å². The van der Waals surface area contributed by atoms with Crippen molar-refractivity contribution in [3.8, 4) is 22.6 Å². The van der Waals surface area contributed by atoms with Gasteiger partial charge in [0.1, 0.15) is 18.0 Å². The van der Waals surface area contributed by atoms with Crippen LogP contribution in [0.3, 0.4) is 0 Å². The number of rotatable bonds is 7. The van der Waals surface area contributed by atoms with Crippen LogP contribution < -0.4 is 10.1 Å². The molecule has 0 saturated carbocycles. The van der Waals surface area contributed by atoms with Crippen LogP contribution in [0.1, 0.15) is 24.2 Å². The molecule has 43 heavy (non-hydrogen) atoms. The van der Waals surface area contributed by atoms with Crippen molar-refractivity contribution in [3.63, 3.8) is 0 Å². The van der Waals surface area contributed by atoms with Gasteiger partial charge in [-0.25, -0.2) is 18.8 Å². The molecular formula is C31H31F2N5O5. The molecule has 0 radical (unpaired) electrons. The second-order valence-corrected chi connectivity index (χ2v) is 11.7. The lowest BCUT2D eigenvalue weighted by atomic mass is 9.87. The summed E-state index contributed by atoms with van der Waals surface area (Å²) in [5, 5.41) is 13.4. The molecule has 0 atom stereocenters. The smallest absolute Gasteiger partial charge is 0.289 e. The summed E-state index contributed by atoms with van der Waals surface area (Å²) in [6.45, 7) is 5.45. The van der Waals surface area contributed by atoms with Crippen LogP contribution in [0.15, 0.2) is 59.9 Å². The fraction of sp³-hybridized carbons (Fsp3) is 0.323. The van der Waals surface area contributed by atoms with E-state index in [1.54, 1.807) is 51.4 Å². The van der Waals surface area contributed by atoms with Gasteiger partial charge in [0.15, 0.2) is 11.6 Å². The third kappa shape index (κ3) is 5.75. The standard InChI is InChI=1S/C31H31F2N5O5/c1-30(2,40)14-38(3)28(39)19-6-4-18(5-7-19)20-12-35-27-24(20)23(10-11-34-27)43-26-21(32)8-9-22(25(26)33)37-29-36-13-31(17-42-29)15-41-16-31/h4-12,40H,13-17H2,1-3H3,(H,34,35)(H,36,37). The number of aliphatic hydroxyl groups is 1. The van der Waals surface area contributed by atoms with Crippen molar-refractivity contribution in [1.29, 1.82) is 0 Å². The number of pyridine rings is 1. The highest BCUT2D eigenvalue weighted by molar-refractivity contribution is 5.99. The number of aliphatic imine (C=N–C) groups is 1. The first-order valence-electron chi connectivity index (χ1n) is 13.7. The number of anilines is 1. The zero-order valence-electron chi connectivity index (χ0n) is 23.9. The van der Waals surface area contributed by atoms with Crippen LogP contribution in [-0.4, -0.2) is 77.5 Å². The predicted octanol–water partition coefficient (Wildman–Crippen LogP) is 4.96. The minimum atomic E-state index is -1.03. The number of nitrogens with zero attached hydrogens (tertiary/aromatic N) is 3. The number of benzene rings is 2. The second-order valence-electron chi connectivity index (χ2n) is 11.7. The van der Waals surface area contributed by atoms with Gasteiger partial charge in [-0.3, -0.25) is 4.79 Å². The van der Waals surface area contributed by atoms with Gasteiger partial charge in [-0.2, -0.15) is 0 Å². The second kappa shape index (κ2) is 10.9. The third-order valence-electron chi connectivity index (χ3n) is 7.34. The molecule has 2 aromatic heterocycles. The highest BCUT2D eigenvalue weighted by Gasteiger charge is 2.42. The van der Waals surface area contributed by atoms with E-state index in [-0.39, 0.29) is 35.3 Å². The summed E-state index contributed by atoms with van der Waals surface area (Å²) < 4.78 is 47.3. The normalized spacial score (nSPS) is 15.9. The van der Waals surface area contributed by atoms with Crippen LogP contribution in [0, 0.1) is 17.0 Å². The van der Waals surface area contributed by atoms with Gasteiger partial charge in [0, 0.05) is 37.1 Å². The summed E-state index contributed by atoms with van der Waals surface area (Å²) in [4.78, 5) is 26.0. The highest BCUT2D eigenvalue weighted by Crippen LogP contribution is 2.39. The van der Waals surface area contributed by atoms with Gasteiger partial charge in [0.2, 0.25) is 5.75 Å². The number of amides is 1. The van der Waals surface area contributed by atoms with Crippen molar-refractivity contribution < 1.29 is 32.9 Å². The Labute approximate surface area is 246 Å². The molecule has 1 fully saturated rings. The molecule has 1 spiro atoms. The lowest BCUT2D eigenvalue weighted by Gasteiger charge is -2.41. The number of carbonyl (C=O) groups excluding carboxylic acids is 1. The number of nitrogens with one attached hydrogen (secondary N) is 2. The summed E-state index contributed by atoms with van der Waals surface area (Å²) in [6, 6.07) is 10.9. The summed E-state index contributed by atoms with van der Waals surface area (Å²) in [5.41, 5.74) is 1.07. The Morgan fingerprint density at radius 3 is 2.58 bits per heavy atom. The molecule has 1 amide bonds. The first-order valence-corrected chi connectivity index (χ1v) is 13.7. The monoisotopic (exact) mass is 591 g/mol. The number of fused-ring (bicyclic) bond motifs is 1. The minimum absolute atomic E-state index is 0.0506. The number of carbonyl (C=O) groups is 1. The van der Waals surface area contributed by atoms with Crippen LogP contribution in [-0.2, 0) is 9.47 Å². The van der Waals surface area contributed by atoms with E-state index in [1.807, 2.05) is 0 Å². The molecule has 4 aromatic rings. The number of amidine groups is 1. The van der Waals surface area contributed by atoms with E-state index in [9.17, 15) is 14.3 Å². The molecule has 2 aliphatic heterocycles. The summed E-state index contributed by atoms with van der Waals surface area (Å²) in [5.74, 6) is -2.49. The Hall–Kier alpha value is -4.55. The average molecular weight is 592 g/mol. The van der Waals surface area contributed by atoms with Crippen LogP contribution in [0.25, 0.3) is 22.2 Å². The zero-order chi connectivity index (χ0) is 30.4. The number of halogens is 2. The minimum Gasteiger partial charge on any atom is -0.464 e. The Morgan fingerprint density at radius 2 is 1.93 bits per heavy atom. The van der Waals surface area contributed by atoms with Crippen molar-refractivity contribution in [2.45, 2.75) is 19.4 Å². The molecule has 0 unspecified atom stereocenters. The maximum Gasteiger partial charge on any atom is 0.289 e. The van der Waals surface area contributed by atoms with E-state index in [2.05, 4.69) is 20.3 Å². The predicted molar refractivity (Wildman–Crippen MR) is 156 cm³/mol. The van der Waals surface area contributed by atoms with E-state index in [0.29, 0.717) is 48.5 Å². The molecule has 1 saturated heterocycles. The lowest BCUT2D eigenvalue weighted by molar-refractivity contribution is -0.132. The van der Waals surface area contributed by atoms with Gasteiger partial charge in [-0.05, 0) is 49.7 Å². The van der Waals surface area contributed by atoms with Gasteiger partial charge in [0.25, 0.3) is 11.9 Å². The molecule has 0 bridgehead atoms. The van der Waals surface area contributed by atoms with Crippen molar-refractivity contribution >= 4 is 28.6 Å². The number of aromatic nitrogens is 2. The maximum atomic E-state index is 15.6. The fourth-order valence-corrected chi connectivity index (χ4v) is 5.15. The van der Waals surface area contributed by atoms with E-state index < -0.39 is 23.0 Å². The fourth-order valence-electron chi connectivity index (χ4n) is 5.15. The number of aromatic amines is 1. The molecular weight excluding hydrogens is 560 g/mol. The first kappa shape index (κ1) is 28.6. The van der Waals surface area contributed by atoms with Crippen molar-refractivity contribution in [3.05, 3.63) is 72.1 Å². The molecule has 10 nitrogen and oxygen atoms in total. The van der Waals surface area contributed by atoms with Crippen LogP contribution in [0.5, 0.6) is 11.5 Å². The Balaban J connectivity index is 1.26. The van der Waals surface area contributed by atoms with Crippen molar-refractivity contribution in [2.75, 3.05) is 45.3 Å². The Bertz CT molecular complexity index is 1710. The van der Waals surface area contributed by atoms with Crippen molar-refractivity contribution in [1.82, 2.24) is 14.9 Å². The van der Waals surface area contributed by atoms with Gasteiger partial charge in [0.05, 0.1) is 41.8 Å². The van der Waals surface area contributed by atoms with Crippen LogP contribution >= 0.6 is 0 Å². The molecule has 4 heterocycles. The van der Waals surface area contributed by atoms with E-state index in [0.717, 1.165) is 11.6 Å². The van der Waals surface area contributed by atoms with Gasteiger partial charge >= 0.3 is 0 Å². The number of likely N-dealkylation sites (N-methyl/N-ethyl adjacent to an activating group) is 1. The number of H-pyrrole nitrogens is 1. The highest BCUT2D eigenvalue weighted by atomic mass is 19.1.